The first-order valence-electron chi connectivity index (χ1n) is 9.23. The predicted molar refractivity (Wildman–Crippen MR) is 95.2 cm³/mol. The molecule has 0 fully saturated rings. The van der Waals surface area contributed by atoms with Crippen LogP contribution in [0, 0.1) is 5.82 Å². The summed E-state index contributed by atoms with van der Waals surface area (Å²) in [7, 11) is 0. The summed E-state index contributed by atoms with van der Waals surface area (Å²) in [4.78, 5) is 17.2. The maximum Gasteiger partial charge on any atom is 0.436 e. The van der Waals surface area contributed by atoms with Gasteiger partial charge in [-0.25, -0.2) is 9.37 Å². The zero-order valence-electron chi connectivity index (χ0n) is 16.1. The second-order valence-electron chi connectivity index (χ2n) is 6.81. The fourth-order valence-electron chi connectivity index (χ4n) is 3.50. The van der Waals surface area contributed by atoms with E-state index in [0.29, 0.717) is 24.5 Å². The first-order valence-corrected chi connectivity index (χ1v) is 9.23. The summed E-state index contributed by atoms with van der Waals surface area (Å²) in [6, 6.07) is 2.12. The molecule has 0 spiro atoms. The van der Waals surface area contributed by atoms with Crippen molar-refractivity contribution in [2.75, 3.05) is 6.54 Å². The molecule has 0 saturated carbocycles. The molecule has 1 atom stereocenters. The van der Waals surface area contributed by atoms with Crippen molar-refractivity contribution >= 4 is 5.91 Å². The highest BCUT2D eigenvalue weighted by Gasteiger charge is 2.40. The van der Waals surface area contributed by atoms with E-state index in [4.69, 9.17) is 0 Å². The van der Waals surface area contributed by atoms with Crippen molar-refractivity contribution in [3.8, 4) is 5.82 Å². The lowest BCUT2D eigenvalue weighted by atomic mass is 10.0. The van der Waals surface area contributed by atoms with Crippen LogP contribution in [0.2, 0.25) is 0 Å². The first-order chi connectivity index (χ1) is 14.2. The summed E-state index contributed by atoms with van der Waals surface area (Å²) >= 11 is 0. The Bertz CT molecular complexity index is 1100. The van der Waals surface area contributed by atoms with Gasteiger partial charge < -0.3 is 4.90 Å². The van der Waals surface area contributed by atoms with Gasteiger partial charge in [0.15, 0.2) is 17.3 Å². The monoisotopic (exact) mass is 423 g/mol. The number of carbonyl (C=O) groups excluding carboxylic acids is 1. The molecule has 0 bridgehead atoms. The Balaban J connectivity index is 1.65. The zero-order valence-corrected chi connectivity index (χ0v) is 16.1. The fraction of sp³-hybridized carbons (Fsp3) is 0.389. The average molecular weight is 423 g/mol. The van der Waals surface area contributed by atoms with Crippen molar-refractivity contribution in [2.24, 2.45) is 0 Å². The molecule has 0 aliphatic carbocycles. The highest BCUT2D eigenvalue weighted by atomic mass is 19.4. The van der Waals surface area contributed by atoms with E-state index in [2.05, 4.69) is 20.4 Å². The van der Waals surface area contributed by atoms with Crippen molar-refractivity contribution in [1.29, 1.82) is 0 Å². The van der Waals surface area contributed by atoms with Crippen molar-refractivity contribution in [3.63, 3.8) is 0 Å². The maximum absolute atomic E-state index is 14.4. The van der Waals surface area contributed by atoms with Gasteiger partial charge in [-0.3, -0.25) is 9.48 Å². The van der Waals surface area contributed by atoms with E-state index in [-0.39, 0.29) is 6.54 Å². The van der Waals surface area contributed by atoms with Gasteiger partial charge >= 0.3 is 6.18 Å². The number of fused-ring (bicyclic) bond motifs is 1. The topological polar surface area (TPSA) is 81.7 Å². The number of aromatic nitrogens is 6. The molecule has 0 N–H and O–H groups in total. The van der Waals surface area contributed by atoms with Gasteiger partial charge in [-0.15, -0.1) is 5.10 Å². The lowest BCUT2D eigenvalue weighted by Crippen LogP contribution is -2.40. The summed E-state index contributed by atoms with van der Waals surface area (Å²) < 4.78 is 56.5. The number of carbonyl (C=O) groups is 1. The summed E-state index contributed by atoms with van der Waals surface area (Å²) in [5.74, 6) is -1.96. The third-order valence-corrected chi connectivity index (χ3v) is 5.06. The molecule has 1 aliphatic heterocycles. The number of hydrogen-bond acceptors (Lipinski definition) is 5. The number of amides is 1. The van der Waals surface area contributed by atoms with Crippen LogP contribution in [-0.2, 0) is 19.1 Å². The van der Waals surface area contributed by atoms with Gasteiger partial charge in [-0.2, -0.15) is 23.0 Å². The maximum atomic E-state index is 14.4. The third kappa shape index (κ3) is 3.21. The number of aryl methyl sites for hydroxylation is 1. The summed E-state index contributed by atoms with van der Waals surface area (Å²) in [6.07, 6.45) is -2.07. The molecule has 158 valence electrons. The SMILES string of the molecule is CCn1ccc(-n2nnc3c2CCN(C(=O)c2ccnc(C(F)(F)F)c2F)C3C)n1. The molecule has 1 unspecified atom stereocenters. The van der Waals surface area contributed by atoms with Crippen LogP contribution in [0.3, 0.4) is 0 Å². The van der Waals surface area contributed by atoms with Gasteiger partial charge in [0.05, 0.1) is 17.3 Å². The Hall–Kier alpha value is -3.31. The fourth-order valence-corrected chi connectivity index (χ4v) is 3.50. The van der Waals surface area contributed by atoms with Gasteiger partial charge in [-0.05, 0) is 19.9 Å². The van der Waals surface area contributed by atoms with Crippen molar-refractivity contribution in [1.82, 2.24) is 34.7 Å². The number of hydrogen-bond donors (Lipinski definition) is 0. The minimum Gasteiger partial charge on any atom is -0.330 e. The van der Waals surface area contributed by atoms with Crippen molar-refractivity contribution < 1.29 is 22.4 Å². The molecule has 4 rings (SSSR count). The molecule has 8 nitrogen and oxygen atoms in total. The van der Waals surface area contributed by atoms with Crippen LogP contribution in [0.1, 0.15) is 47.3 Å². The van der Waals surface area contributed by atoms with Crippen molar-refractivity contribution in [3.05, 3.63) is 53.0 Å². The molecule has 0 aromatic carbocycles. The zero-order chi connectivity index (χ0) is 21.6. The largest absolute Gasteiger partial charge is 0.436 e. The number of alkyl halides is 3. The normalized spacial score (nSPS) is 16.6. The molecule has 3 aromatic rings. The van der Waals surface area contributed by atoms with Crippen LogP contribution in [0.25, 0.3) is 5.82 Å². The van der Waals surface area contributed by atoms with Crippen LogP contribution in [0.5, 0.6) is 0 Å². The van der Waals surface area contributed by atoms with Gasteiger partial charge in [-0.1, -0.05) is 5.21 Å². The third-order valence-electron chi connectivity index (χ3n) is 5.06. The van der Waals surface area contributed by atoms with Gasteiger partial charge in [0.25, 0.3) is 5.91 Å². The molecule has 4 heterocycles. The molecule has 0 radical (unpaired) electrons. The summed E-state index contributed by atoms with van der Waals surface area (Å²) in [5.41, 5.74) is -1.15. The van der Waals surface area contributed by atoms with Crippen LogP contribution >= 0.6 is 0 Å². The smallest absolute Gasteiger partial charge is 0.330 e. The van der Waals surface area contributed by atoms with Crippen molar-refractivity contribution in [2.45, 2.75) is 39.0 Å². The Kier molecular flexibility index (Phi) is 4.79. The van der Waals surface area contributed by atoms with Gasteiger partial charge in [0, 0.05) is 38.0 Å². The van der Waals surface area contributed by atoms with E-state index in [1.54, 1.807) is 28.6 Å². The lowest BCUT2D eigenvalue weighted by molar-refractivity contribution is -0.143. The minimum absolute atomic E-state index is 0.165. The lowest BCUT2D eigenvalue weighted by Gasteiger charge is -2.32. The molecule has 0 saturated heterocycles. The van der Waals surface area contributed by atoms with E-state index in [0.717, 1.165) is 18.0 Å². The molecule has 1 amide bonds. The van der Waals surface area contributed by atoms with Crippen LogP contribution < -0.4 is 0 Å². The minimum atomic E-state index is -4.99. The Morgan fingerprint density at radius 3 is 2.73 bits per heavy atom. The average Bonchev–Trinajstić information content (AvgIpc) is 3.34. The number of nitrogens with zero attached hydrogens (tertiary/aromatic N) is 7. The number of pyridine rings is 1. The standard InChI is InChI=1S/C18H17F4N7O/c1-3-27-8-6-13(25-27)29-12-5-9-28(10(2)15(12)24-26-29)17(30)11-4-7-23-16(14(11)19)18(20,21)22/h4,6-8,10H,3,5,9H2,1-2H3. The quantitative estimate of drug-likeness (QED) is 0.605. The van der Waals surface area contributed by atoms with Gasteiger partial charge in [0.1, 0.15) is 5.69 Å². The molecule has 3 aromatic heterocycles. The highest BCUT2D eigenvalue weighted by Crippen LogP contribution is 2.33. The van der Waals surface area contributed by atoms with E-state index in [9.17, 15) is 22.4 Å². The molecular formula is C18H17F4N7O. The molecule has 30 heavy (non-hydrogen) atoms. The number of rotatable bonds is 3. The second kappa shape index (κ2) is 7.18. The van der Waals surface area contributed by atoms with Crippen LogP contribution in [0.15, 0.2) is 24.5 Å². The molecular weight excluding hydrogens is 406 g/mol. The Morgan fingerprint density at radius 2 is 2.07 bits per heavy atom. The predicted octanol–water partition coefficient (Wildman–Crippen LogP) is 2.80. The van der Waals surface area contributed by atoms with E-state index < -0.39 is 35.2 Å². The van der Waals surface area contributed by atoms with E-state index in [1.165, 1.54) is 4.90 Å². The van der Waals surface area contributed by atoms with Crippen LogP contribution in [0.4, 0.5) is 17.6 Å². The van der Waals surface area contributed by atoms with E-state index >= 15 is 0 Å². The van der Waals surface area contributed by atoms with E-state index in [1.807, 2.05) is 6.92 Å². The Morgan fingerprint density at radius 1 is 1.30 bits per heavy atom. The number of halogens is 4. The molecule has 12 heteroatoms. The van der Waals surface area contributed by atoms with Gasteiger partial charge in [0.2, 0.25) is 0 Å². The second-order valence-corrected chi connectivity index (χ2v) is 6.81. The Labute approximate surface area is 168 Å². The van der Waals surface area contributed by atoms with Crippen LogP contribution in [-0.4, -0.2) is 47.1 Å². The first kappa shape index (κ1) is 20.0. The highest BCUT2D eigenvalue weighted by molar-refractivity contribution is 5.95. The summed E-state index contributed by atoms with van der Waals surface area (Å²) in [5, 5.41) is 12.6. The summed E-state index contributed by atoms with van der Waals surface area (Å²) in [6.45, 7) is 4.47. The molecule has 1 aliphatic rings.